The number of hydrogen-bond donors (Lipinski definition) is 2. The van der Waals surface area contributed by atoms with E-state index in [1.54, 1.807) is 0 Å². The fourth-order valence-electron chi connectivity index (χ4n) is 3.13. The molecule has 2 heteroatoms. The van der Waals surface area contributed by atoms with Crippen molar-refractivity contribution in [2.24, 2.45) is 5.73 Å². The molecule has 0 atom stereocenters. The lowest BCUT2D eigenvalue weighted by Gasteiger charge is -2.43. The van der Waals surface area contributed by atoms with Gasteiger partial charge in [-0.1, -0.05) is 39.3 Å². The van der Waals surface area contributed by atoms with Crippen molar-refractivity contribution >= 4 is 0 Å². The van der Waals surface area contributed by atoms with Crippen LogP contribution in [-0.2, 0) is 11.8 Å². The molecule has 0 aromatic heterocycles. The standard InChI is InChI=1S/C16H25NO/c1-4-12-6-7-13(11(2)3)14(15(12)18)16(10-17)8-5-9-16/h6-7,11,18H,4-5,8-10,17H2,1-3H3. The minimum absolute atomic E-state index is 0.0366. The first kappa shape index (κ1) is 13.4. The van der Waals surface area contributed by atoms with Crippen molar-refractivity contribution in [3.63, 3.8) is 0 Å². The number of phenols is 1. The summed E-state index contributed by atoms with van der Waals surface area (Å²) in [5.41, 5.74) is 9.52. The van der Waals surface area contributed by atoms with E-state index in [1.165, 1.54) is 12.0 Å². The summed E-state index contributed by atoms with van der Waals surface area (Å²) in [7, 11) is 0. The second-order valence-corrected chi connectivity index (χ2v) is 5.88. The second-order valence-electron chi connectivity index (χ2n) is 5.88. The van der Waals surface area contributed by atoms with Crippen molar-refractivity contribution in [1.29, 1.82) is 0 Å². The number of benzene rings is 1. The van der Waals surface area contributed by atoms with Crippen molar-refractivity contribution in [3.8, 4) is 5.75 Å². The van der Waals surface area contributed by atoms with Gasteiger partial charge in [0.25, 0.3) is 0 Å². The third kappa shape index (κ3) is 1.93. The van der Waals surface area contributed by atoms with Gasteiger partial charge in [-0.05, 0) is 36.3 Å². The smallest absolute Gasteiger partial charge is 0.122 e. The first-order valence-electron chi connectivity index (χ1n) is 7.11. The van der Waals surface area contributed by atoms with E-state index in [2.05, 4.69) is 32.9 Å². The molecule has 0 radical (unpaired) electrons. The first-order chi connectivity index (χ1) is 8.55. The summed E-state index contributed by atoms with van der Waals surface area (Å²) in [4.78, 5) is 0. The predicted octanol–water partition coefficient (Wildman–Crippen LogP) is 3.46. The van der Waals surface area contributed by atoms with Gasteiger partial charge in [-0.25, -0.2) is 0 Å². The Bertz CT molecular complexity index is 427. The molecule has 1 fully saturated rings. The number of nitrogens with two attached hydrogens (primary N) is 1. The average molecular weight is 247 g/mol. The molecule has 0 saturated heterocycles. The topological polar surface area (TPSA) is 46.2 Å². The van der Waals surface area contributed by atoms with Crippen LogP contribution in [0.1, 0.15) is 62.6 Å². The Kier molecular flexibility index (Phi) is 3.67. The lowest BCUT2D eigenvalue weighted by Crippen LogP contribution is -2.42. The van der Waals surface area contributed by atoms with Crippen molar-refractivity contribution in [2.45, 2.75) is 57.8 Å². The van der Waals surface area contributed by atoms with E-state index < -0.39 is 0 Å². The molecular formula is C16H25NO. The molecule has 2 nitrogen and oxygen atoms in total. The van der Waals surface area contributed by atoms with Crippen molar-refractivity contribution < 1.29 is 5.11 Å². The van der Waals surface area contributed by atoms with Gasteiger partial charge in [0.2, 0.25) is 0 Å². The van der Waals surface area contributed by atoms with Gasteiger partial charge in [-0.15, -0.1) is 0 Å². The molecule has 1 saturated carbocycles. The quantitative estimate of drug-likeness (QED) is 0.856. The Morgan fingerprint density at radius 2 is 2.00 bits per heavy atom. The predicted molar refractivity (Wildman–Crippen MR) is 76.2 cm³/mol. The normalized spacial score (nSPS) is 17.8. The zero-order valence-corrected chi connectivity index (χ0v) is 11.8. The molecule has 1 aliphatic rings. The first-order valence-corrected chi connectivity index (χ1v) is 7.11. The summed E-state index contributed by atoms with van der Waals surface area (Å²) >= 11 is 0. The van der Waals surface area contributed by atoms with E-state index >= 15 is 0 Å². The number of phenolic OH excluding ortho intramolecular Hbond substituents is 1. The van der Waals surface area contributed by atoms with E-state index in [0.29, 0.717) is 18.2 Å². The molecular weight excluding hydrogens is 222 g/mol. The highest BCUT2D eigenvalue weighted by Crippen LogP contribution is 2.49. The van der Waals surface area contributed by atoms with Crippen LogP contribution in [0.2, 0.25) is 0 Å². The van der Waals surface area contributed by atoms with E-state index in [0.717, 1.165) is 30.4 Å². The van der Waals surface area contributed by atoms with Crippen LogP contribution >= 0.6 is 0 Å². The van der Waals surface area contributed by atoms with Crippen LogP contribution in [0.15, 0.2) is 12.1 Å². The fourth-order valence-corrected chi connectivity index (χ4v) is 3.13. The second kappa shape index (κ2) is 4.93. The summed E-state index contributed by atoms with van der Waals surface area (Å²) in [6.45, 7) is 7.11. The van der Waals surface area contributed by atoms with Crippen LogP contribution in [0.4, 0.5) is 0 Å². The van der Waals surface area contributed by atoms with Gasteiger partial charge in [0.05, 0.1) is 0 Å². The molecule has 0 unspecified atom stereocenters. The van der Waals surface area contributed by atoms with Crippen LogP contribution < -0.4 is 5.73 Å². The minimum Gasteiger partial charge on any atom is -0.507 e. The number of aryl methyl sites for hydroxylation is 1. The van der Waals surface area contributed by atoms with Crippen LogP contribution in [-0.4, -0.2) is 11.7 Å². The van der Waals surface area contributed by atoms with Crippen molar-refractivity contribution in [3.05, 3.63) is 28.8 Å². The molecule has 0 heterocycles. The fraction of sp³-hybridized carbons (Fsp3) is 0.625. The SMILES string of the molecule is CCc1ccc(C(C)C)c(C2(CN)CCC2)c1O. The lowest BCUT2D eigenvalue weighted by molar-refractivity contribution is 0.242. The third-order valence-electron chi connectivity index (χ3n) is 4.53. The maximum atomic E-state index is 10.6. The highest BCUT2D eigenvalue weighted by atomic mass is 16.3. The largest absolute Gasteiger partial charge is 0.507 e. The van der Waals surface area contributed by atoms with Crippen molar-refractivity contribution in [2.75, 3.05) is 6.54 Å². The van der Waals surface area contributed by atoms with Gasteiger partial charge < -0.3 is 10.8 Å². The van der Waals surface area contributed by atoms with Gasteiger partial charge >= 0.3 is 0 Å². The summed E-state index contributed by atoms with van der Waals surface area (Å²) < 4.78 is 0. The van der Waals surface area contributed by atoms with Gasteiger partial charge in [0.1, 0.15) is 5.75 Å². The maximum absolute atomic E-state index is 10.6. The Morgan fingerprint density at radius 3 is 2.39 bits per heavy atom. The molecule has 1 aromatic carbocycles. The molecule has 0 spiro atoms. The summed E-state index contributed by atoms with van der Waals surface area (Å²) in [5, 5.41) is 10.6. The zero-order valence-electron chi connectivity index (χ0n) is 11.8. The summed E-state index contributed by atoms with van der Waals surface area (Å²) in [6, 6.07) is 4.26. The van der Waals surface area contributed by atoms with Gasteiger partial charge in [-0.3, -0.25) is 0 Å². The van der Waals surface area contributed by atoms with E-state index in [9.17, 15) is 5.11 Å². The van der Waals surface area contributed by atoms with Crippen LogP contribution in [0.25, 0.3) is 0 Å². The van der Waals surface area contributed by atoms with Crippen LogP contribution in [0, 0.1) is 0 Å². The number of hydrogen-bond acceptors (Lipinski definition) is 2. The molecule has 1 aromatic rings. The monoisotopic (exact) mass is 247 g/mol. The molecule has 3 N–H and O–H groups in total. The molecule has 100 valence electrons. The maximum Gasteiger partial charge on any atom is 0.122 e. The average Bonchev–Trinajstić information content (AvgIpc) is 2.29. The molecule has 0 bridgehead atoms. The van der Waals surface area contributed by atoms with Crippen LogP contribution in [0.3, 0.4) is 0 Å². The Morgan fingerprint density at radius 1 is 1.33 bits per heavy atom. The number of aromatic hydroxyl groups is 1. The molecule has 18 heavy (non-hydrogen) atoms. The zero-order chi connectivity index (χ0) is 13.3. The van der Waals surface area contributed by atoms with Gasteiger partial charge in [0.15, 0.2) is 0 Å². The molecule has 0 amide bonds. The summed E-state index contributed by atoms with van der Waals surface area (Å²) in [6.07, 6.45) is 4.33. The highest BCUT2D eigenvalue weighted by molar-refractivity contribution is 5.52. The van der Waals surface area contributed by atoms with E-state index in [4.69, 9.17) is 5.73 Å². The highest BCUT2D eigenvalue weighted by Gasteiger charge is 2.41. The molecule has 0 aliphatic heterocycles. The van der Waals surface area contributed by atoms with Gasteiger partial charge in [-0.2, -0.15) is 0 Å². The third-order valence-corrected chi connectivity index (χ3v) is 4.53. The Balaban J connectivity index is 2.61. The summed E-state index contributed by atoms with van der Waals surface area (Å²) in [5.74, 6) is 0.940. The molecule has 2 rings (SSSR count). The number of rotatable bonds is 4. The van der Waals surface area contributed by atoms with Crippen molar-refractivity contribution in [1.82, 2.24) is 0 Å². The lowest BCUT2D eigenvalue weighted by atomic mass is 9.62. The van der Waals surface area contributed by atoms with E-state index in [1.807, 2.05) is 0 Å². The Hall–Kier alpha value is -1.02. The molecule has 1 aliphatic carbocycles. The van der Waals surface area contributed by atoms with Gasteiger partial charge in [0, 0.05) is 17.5 Å². The Labute approximate surface area is 110 Å². The van der Waals surface area contributed by atoms with Crippen LogP contribution in [0.5, 0.6) is 5.75 Å². The minimum atomic E-state index is 0.0366. The van der Waals surface area contributed by atoms with E-state index in [-0.39, 0.29) is 5.41 Å².